The number of aliphatic hydroxyl groups is 2. The van der Waals surface area contributed by atoms with Gasteiger partial charge in [-0.1, -0.05) is 348 Å². The number of ether oxygens (including phenoxy) is 1. The molecule has 2 atom stereocenters. The minimum atomic E-state index is -0.667. The van der Waals surface area contributed by atoms with Crippen LogP contribution in [-0.4, -0.2) is 47.4 Å². The number of esters is 1. The van der Waals surface area contributed by atoms with E-state index >= 15 is 0 Å². The summed E-state index contributed by atoms with van der Waals surface area (Å²) in [7, 11) is 0. The SMILES string of the molecule is CCCCCCCCCCCCCCCCCCCCCC(O)C(CO)NC(=O)CCCCCCCCCCCCCCCCCCCCOC(=O)CCCCCCCCCCCCCCCCCCCC. The fourth-order valence-electron chi connectivity index (χ4n) is 10.8. The Hall–Kier alpha value is -1.14. The van der Waals surface area contributed by atoms with Gasteiger partial charge in [0.05, 0.1) is 25.4 Å². The summed E-state index contributed by atoms with van der Waals surface area (Å²) < 4.78 is 5.50. The Balaban J connectivity index is 3.37. The van der Waals surface area contributed by atoms with Crippen molar-refractivity contribution < 1.29 is 24.5 Å². The average molecular weight is 1020 g/mol. The van der Waals surface area contributed by atoms with E-state index in [1.165, 1.54) is 315 Å². The van der Waals surface area contributed by atoms with Crippen LogP contribution in [0.4, 0.5) is 0 Å². The van der Waals surface area contributed by atoms with Crippen LogP contribution in [0.2, 0.25) is 0 Å². The van der Waals surface area contributed by atoms with Gasteiger partial charge >= 0.3 is 5.97 Å². The first-order valence-corrected chi connectivity index (χ1v) is 33.3. The summed E-state index contributed by atoms with van der Waals surface area (Å²) in [4.78, 5) is 24.6. The number of carbonyl (C=O) groups excluding carboxylic acids is 2. The van der Waals surface area contributed by atoms with Crippen molar-refractivity contribution >= 4 is 11.9 Å². The van der Waals surface area contributed by atoms with E-state index in [0.29, 0.717) is 25.9 Å². The summed E-state index contributed by atoms with van der Waals surface area (Å²) in [5.74, 6) is -0.0209. The van der Waals surface area contributed by atoms with Crippen LogP contribution >= 0.6 is 0 Å². The lowest BCUT2D eigenvalue weighted by atomic mass is 10.0. The van der Waals surface area contributed by atoms with Crippen LogP contribution in [0.15, 0.2) is 0 Å². The maximum absolute atomic E-state index is 12.5. The van der Waals surface area contributed by atoms with Crippen LogP contribution < -0.4 is 5.32 Å². The Kier molecular flexibility index (Phi) is 61.4. The zero-order valence-electron chi connectivity index (χ0n) is 49.2. The molecule has 0 fully saturated rings. The van der Waals surface area contributed by atoms with Gasteiger partial charge in [0.2, 0.25) is 5.91 Å². The summed E-state index contributed by atoms with van der Waals surface area (Å²) in [6.07, 6.45) is 74.1. The molecule has 0 aliphatic carbocycles. The van der Waals surface area contributed by atoms with E-state index in [9.17, 15) is 19.8 Å². The van der Waals surface area contributed by atoms with Crippen molar-refractivity contribution in [3.63, 3.8) is 0 Å². The average Bonchev–Trinajstić information content (AvgIpc) is 3.38. The predicted molar refractivity (Wildman–Crippen MR) is 315 cm³/mol. The molecule has 2 unspecified atom stereocenters. The minimum absolute atomic E-state index is 0.0133. The molecule has 0 heterocycles. The van der Waals surface area contributed by atoms with Gasteiger partial charge in [0, 0.05) is 12.8 Å². The molecule has 0 rings (SSSR count). The zero-order valence-corrected chi connectivity index (χ0v) is 49.2. The molecule has 430 valence electrons. The van der Waals surface area contributed by atoms with Crippen LogP contribution in [0.3, 0.4) is 0 Å². The summed E-state index contributed by atoms with van der Waals surface area (Å²) in [6.45, 7) is 4.99. The number of unbranched alkanes of at least 4 members (excludes halogenated alkanes) is 52. The number of nitrogens with one attached hydrogen (secondary N) is 1. The molecule has 6 nitrogen and oxygen atoms in total. The first kappa shape index (κ1) is 70.9. The maximum atomic E-state index is 12.5. The van der Waals surface area contributed by atoms with Gasteiger partial charge in [0.1, 0.15) is 0 Å². The number of hydrogen-bond acceptors (Lipinski definition) is 5. The fourth-order valence-corrected chi connectivity index (χ4v) is 10.8. The molecule has 0 radical (unpaired) electrons. The lowest BCUT2D eigenvalue weighted by Gasteiger charge is -2.22. The van der Waals surface area contributed by atoms with Crippen molar-refractivity contribution in [2.24, 2.45) is 0 Å². The van der Waals surface area contributed by atoms with Crippen molar-refractivity contribution in [1.29, 1.82) is 0 Å². The van der Waals surface area contributed by atoms with E-state index < -0.39 is 12.1 Å². The van der Waals surface area contributed by atoms with Gasteiger partial charge in [-0.25, -0.2) is 0 Å². The molecule has 0 saturated carbocycles. The van der Waals surface area contributed by atoms with Crippen molar-refractivity contribution in [3.8, 4) is 0 Å². The maximum Gasteiger partial charge on any atom is 0.305 e. The summed E-state index contributed by atoms with van der Waals surface area (Å²) in [5.41, 5.74) is 0. The second-order valence-corrected chi connectivity index (χ2v) is 23.2. The standard InChI is InChI=1S/C66H131NO5/c1-3-5-7-9-11-13-15-17-19-21-23-26-30-34-38-42-46-50-54-58-64(69)63(62-68)67-65(70)59-55-51-47-43-39-35-31-27-24-25-29-33-37-41-45-49-53-57-61-72-66(71)60-56-52-48-44-40-36-32-28-22-20-18-16-14-12-10-8-6-4-2/h63-64,68-69H,3-62H2,1-2H3,(H,67,70). The molecule has 0 bridgehead atoms. The Bertz CT molecular complexity index is 1040. The van der Waals surface area contributed by atoms with E-state index in [0.717, 1.165) is 38.5 Å². The first-order chi connectivity index (χ1) is 35.5. The highest BCUT2D eigenvalue weighted by Gasteiger charge is 2.20. The smallest absolute Gasteiger partial charge is 0.305 e. The molecule has 3 N–H and O–H groups in total. The number of hydrogen-bond donors (Lipinski definition) is 3. The van der Waals surface area contributed by atoms with Gasteiger partial charge in [-0.15, -0.1) is 0 Å². The molecular weight excluding hydrogens is 887 g/mol. The molecule has 1 amide bonds. The molecule has 72 heavy (non-hydrogen) atoms. The van der Waals surface area contributed by atoms with Crippen LogP contribution in [0.25, 0.3) is 0 Å². The number of aliphatic hydroxyl groups excluding tert-OH is 2. The third-order valence-electron chi connectivity index (χ3n) is 15.9. The second kappa shape index (κ2) is 62.4. The molecule has 0 spiro atoms. The molecule has 0 aliphatic heterocycles. The lowest BCUT2D eigenvalue weighted by Crippen LogP contribution is -2.45. The van der Waals surface area contributed by atoms with Crippen molar-refractivity contribution in [2.75, 3.05) is 13.2 Å². The topological polar surface area (TPSA) is 95.9 Å². The molecular formula is C66H131NO5. The van der Waals surface area contributed by atoms with Crippen LogP contribution in [-0.2, 0) is 14.3 Å². The van der Waals surface area contributed by atoms with Crippen LogP contribution in [0, 0.1) is 0 Å². The van der Waals surface area contributed by atoms with E-state index in [1.807, 2.05) is 0 Å². The fraction of sp³-hybridized carbons (Fsp3) is 0.970. The van der Waals surface area contributed by atoms with Gasteiger partial charge < -0.3 is 20.3 Å². The Morgan fingerprint density at radius 2 is 0.569 bits per heavy atom. The predicted octanol–water partition coefficient (Wildman–Crippen LogP) is 21.0. The van der Waals surface area contributed by atoms with Crippen molar-refractivity contribution in [2.45, 2.75) is 398 Å². The van der Waals surface area contributed by atoms with E-state index in [2.05, 4.69) is 19.2 Å². The number of rotatable bonds is 63. The minimum Gasteiger partial charge on any atom is -0.466 e. The second-order valence-electron chi connectivity index (χ2n) is 23.2. The van der Waals surface area contributed by atoms with E-state index in [-0.39, 0.29) is 18.5 Å². The van der Waals surface area contributed by atoms with Gasteiger partial charge in [-0.3, -0.25) is 9.59 Å². The van der Waals surface area contributed by atoms with Gasteiger partial charge in [0.25, 0.3) is 0 Å². The highest BCUT2D eigenvalue weighted by Crippen LogP contribution is 2.19. The number of carbonyl (C=O) groups is 2. The zero-order chi connectivity index (χ0) is 52.2. The van der Waals surface area contributed by atoms with Crippen LogP contribution in [0.5, 0.6) is 0 Å². The van der Waals surface area contributed by atoms with Gasteiger partial charge in [-0.2, -0.15) is 0 Å². The van der Waals surface area contributed by atoms with Crippen molar-refractivity contribution in [3.05, 3.63) is 0 Å². The highest BCUT2D eigenvalue weighted by atomic mass is 16.5. The first-order valence-electron chi connectivity index (χ1n) is 33.3. The third-order valence-corrected chi connectivity index (χ3v) is 15.9. The van der Waals surface area contributed by atoms with E-state index in [4.69, 9.17) is 4.74 Å². The third kappa shape index (κ3) is 58.1. The molecule has 0 aromatic carbocycles. The normalized spacial score (nSPS) is 12.4. The molecule has 0 saturated heterocycles. The molecule has 0 aromatic rings. The quantitative estimate of drug-likeness (QED) is 0.0417. The van der Waals surface area contributed by atoms with E-state index in [1.54, 1.807) is 0 Å². The van der Waals surface area contributed by atoms with Gasteiger partial charge in [0.15, 0.2) is 0 Å². The summed E-state index contributed by atoms with van der Waals surface area (Å²) in [5, 5.41) is 23.4. The Morgan fingerprint density at radius 3 is 0.847 bits per heavy atom. The molecule has 6 heteroatoms. The van der Waals surface area contributed by atoms with Crippen LogP contribution in [0.1, 0.15) is 386 Å². The summed E-state index contributed by atoms with van der Waals surface area (Å²) >= 11 is 0. The largest absolute Gasteiger partial charge is 0.466 e. The Morgan fingerprint density at radius 1 is 0.333 bits per heavy atom. The molecule has 0 aromatic heterocycles. The van der Waals surface area contributed by atoms with Crippen molar-refractivity contribution in [1.82, 2.24) is 5.32 Å². The molecule has 0 aliphatic rings. The monoisotopic (exact) mass is 1020 g/mol. The lowest BCUT2D eigenvalue weighted by molar-refractivity contribution is -0.143. The number of amides is 1. The Labute approximate surface area is 451 Å². The summed E-state index contributed by atoms with van der Waals surface area (Å²) in [6, 6.07) is -0.544. The highest BCUT2D eigenvalue weighted by molar-refractivity contribution is 5.76. The van der Waals surface area contributed by atoms with Gasteiger partial charge in [-0.05, 0) is 25.7 Å².